The molecule has 0 aromatic rings. The predicted octanol–water partition coefficient (Wildman–Crippen LogP) is 5.01. The summed E-state index contributed by atoms with van der Waals surface area (Å²) >= 11 is 0. The molecule has 0 heterocycles. The highest BCUT2D eigenvalue weighted by molar-refractivity contribution is 4.96. The van der Waals surface area contributed by atoms with Gasteiger partial charge >= 0.3 is 0 Å². The van der Waals surface area contributed by atoms with E-state index in [2.05, 4.69) is 19.6 Å². The number of aliphatic hydroxyl groups excluding tert-OH is 1. The first-order chi connectivity index (χ1) is 8.31. The Morgan fingerprint density at radius 3 is 2.29 bits per heavy atom. The smallest absolute Gasteiger partial charge is 0.0540 e. The van der Waals surface area contributed by atoms with Crippen molar-refractivity contribution in [2.24, 2.45) is 0 Å². The number of aliphatic hydroxyl groups is 1. The molecular weight excluding hydrogens is 208 g/mol. The molecule has 0 fully saturated rings. The van der Waals surface area contributed by atoms with Gasteiger partial charge in [0.15, 0.2) is 0 Å². The van der Waals surface area contributed by atoms with E-state index in [-0.39, 0.29) is 6.10 Å². The maximum atomic E-state index is 9.56. The van der Waals surface area contributed by atoms with Gasteiger partial charge in [-0.15, -0.1) is 0 Å². The lowest BCUT2D eigenvalue weighted by molar-refractivity contribution is 0.150. The van der Waals surface area contributed by atoms with Gasteiger partial charge < -0.3 is 5.11 Å². The third-order valence-electron chi connectivity index (χ3n) is 3.05. The monoisotopic (exact) mass is 238 g/mol. The van der Waals surface area contributed by atoms with E-state index in [0.717, 1.165) is 19.3 Å². The van der Waals surface area contributed by atoms with Gasteiger partial charge in [0.05, 0.1) is 6.10 Å². The predicted molar refractivity (Wildman–Crippen MR) is 77.2 cm³/mol. The van der Waals surface area contributed by atoms with Crippen molar-refractivity contribution in [2.75, 3.05) is 0 Å². The van der Waals surface area contributed by atoms with E-state index >= 15 is 0 Å². The minimum Gasteiger partial charge on any atom is -0.393 e. The van der Waals surface area contributed by atoms with E-state index < -0.39 is 0 Å². The van der Waals surface area contributed by atoms with Crippen molar-refractivity contribution >= 4 is 0 Å². The molecule has 0 aliphatic heterocycles. The second-order valence-corrected chi connectivity index (χ2v) is 4.81. The van der Waals surface area contributed by atoms with Crippen LogP contribution >= 0.6 is 0 Å². The summed E-state index contributed by atoms with van der Waals surface area (Å²) in [4.78, 5) is 0. The highest BCUT2D eigenvalue weighted by Crippen LogP contribution is 2.11. The van der Waals surface area contributed by atoms with Crippen molar-refractivity contribution in [1.29, 1.82) is 0 Å². The van der Waals surface area contributed by atoms with Crippen molar-refractivity contribution in [1.82, 2.24) is 0 Å². The molecule has 0 saturated heterocycles. The van der Waals surface area contributed by atoms with Crippen LogP contribution in [0.2, 0.25) is 0 Å². The number of hydrogen-bond donors (Lipinski definition) is 1. The summed E-state index contributed by atoms with van der Waals surface area (Å²) in [5.74, 6) is 0. The quantitative estimate of drug-likeness (QED) is 0.374. The van der Waals surface area contributed by atoms with Crippen molar-refractivity contribution < 1.29 is 5.11 Å². The maximum absolute atomic E-state index is 9.56. The molecule has 17 heavy (non-hydrogen) atoms. The maximum Gasteiger partial charge on any atom is 0.0540 e. The Labute approximate surface area is 108 Å². The van der Waals surface area contributed by atoms with Crippen LogP contribution in [0.25, 0.3) is 0 Å². The third-order valence-corrected chi connectivity index (χ3v) is 3.05. The molecule has 1 unspecified atom stereocenters. The van der Waals surface area contributed by atoms with E-state index in [9.17, 15) is 5.11 Å². The summed E-state index contributed by atoms with van der Waals surface area (Å²) < 4.78 is 0. The Hall–Kier alpha value is -0.560. The lowest BCUT2D eigenvalue weighted by Crippen LogP contribution is -2.04. The fourth-order valence-corrected chi connectivity index (χ4v) is 2.02. The molecule has 0 amide bonds. The van der Waals surface area contributed by atoms with Crippen LogP contribution in [0.1, 0.15) is 71.1 Å². The van der Waals surface area contributed by atoms with Crippen LogP contribution in [0, 0.1) is 0 Å². The molecule has 1 N–H and O–H groups in total. The second kappa shape index (κ2) is 13.5. The summed E-state index contributed by atoms with van der Waals surface area (Å²) in [6.07, 6.45) is 18.0. The molecule has 0 aromatic heterocycles. The molecule has 0 aromatic carbocycles. The van der Waals surface area contributed by atoms with Gasteiger partial charge in [-0.05, 0) is 25.7 Å². The first kappa shape index (κ1) is 16.4. The molecule has 1 atom stereocenters. The SMILES string of the molecule is C=C/C=C/CCCCCCCCC(O)CCC. The molecule has 0 radical (unpaired) electrons. The number of allylic oxidation sites excluding steroid dienone is 3. The van der Waals surface area contributed by atoms with E-state index in [1.165, 1.54) is 44.9 Å². The van der Waals surface area contributed by atoms with Gasteiger partial charge in [0.1, 0.15) is 0 Å². The van der Waals surface area contributed by atoms with E-state index in [0.29, 0.717) is 0 Å². The standard InChI is InChI=1S/C16H30O/c1-3-5-6-7-8-9-10-11-12-13-15-16(17)14-4-2/h3,5-6,16-17H,1,4,7-15H2,2H3/b6-5+. The van der Waals surface area contributed by atoms with Gasteiger partial charge in [0.2, 0.25) is 0 Å². The summed E-state index contributed by atoms with van der Waals surface area (Å²) in [6.45, 7) is 5.78. The summed E-state index contributed by atoms with van der Waals surface area (Å²) in [5.41, 5.74) is 0. The number of unbranched alkanes of at least 4 members (excludes halogenated alkanes) is 6. The summed E-state index contributed by atoms with van der Waals surface area (Å²) in [7, 11) is 0. The highest BCUT2D eigenvalue weighted by atomic mass is 16.3. The first-order valence-corrected chi connectivity index (χ1v) is 7.26. The van der Waals surface area contributed by atoms with Crippen LogP contribution in [-0.4, -0.2) is 11.2 Å². The molecule has 1 heteroatoms. The van der Waals surface area contributed by atoms with Gasteiger partial charge in [0, 0.05) is 0 Å². The van der Waals surface area contributed by atoms with E-state index in [1.54, 1.807) is 0 Å². The van der Waals surface area contributed by atoms with Gasteiger partial charge in [-0.25, -0.2) is 0 Å². The van der Waals surface area contributed by atoms with E-state index in [1.807, 2.05) is 12.2 Å². The minimum atomic E-state index is -0.0518. The molecule has 0 bridgehead atoms. The van der Waals surface area contributed by atoms with Crippen LogP contribution in [0.3, 0.4) is 0 Å². The molecule has 0 aliphatic carbocycles. The molecule has 0 rings (SSSR count). The van der Waals surface area contributed by atoms with Crippen LogP contribution in [0.4, 0.5) is 0 Å². The summed E-state index contributed by atoms with van der Waals surface area (Å²) in [6, 6.07) is 0. The molecular formula is C16H30O. The van der Waals surface area contributed by atoms with Crippen LogP contribution in [0.15, 0.2) is 24.8 Å². The zero-order chi connectivity index (χ0) is 12.8. The van der Waals surface area contributed by atoms with E-state index in [4.69, 9.17) is 0 Å². The van der Waals surface area contributed by atoms with Gasteiger partial charge in [0.25, 0.3) is 0 Å². The fraction of sp³-hybridized carbons (Fsp3) is 0.750. The number of rotatable bonds is 12. The van der Waals surface area contributed by atoms with Crippen molar-refractivity contribution in [3.05, 3.63) is 24.8 Å². The van der Waals surface area contributed by atoms with Crippen LogP contribution in [0.5, 0.6) is 0 Å². The second-order valence-electron chi connectivity index (χ2n) is 4.81. The molecule has 0 aliphatic rings. The molecule has 0 saturated carbocycles. The normalized spacial score (nSPS) is 13.1. The lowest BCUT2D eigenvalue weighted by Gasteiger charge is -2.08. The Bertz CT molecular complexity index is 184. The van der Waals surface area contributed by atoms with Gasteiger partial charge in [-0.3, -0.25) is 0 Å². The average Bonchev–Trinajstić information content (AvgIpc) is 2.32. The van der Waals surface area contributed by atoms with Crippen molar-refractivity contribution in [3.8, 4) is 0 Å². The van der Waals surface area contributed by atoms with Crippen LogP contribution in [-0.2, 0) is 0 Å². The van der Waals surface area contributed by atoms with Crippen LogP contribution < -0.4 is 0 Å². The zero-order valence-corrected chi connectivity index (χ0v) is 11.5. The Kier molecular flexibility index (Phi) is 13.1. The first-order valence-electron chi connectivity index (χ1n) is 7.26. The topological polar surface area (TPSA) is 20.2 Å². The zero-order valence-electron chi connectivity index (χ0n) is 11.5. The van der Waals surface area contributed by atoms with Gasteiger partial charge in [-0.1, -0.05) is 70.3 Å². The lowest BCUT2D eigenvalue weighted by atomic mass is 10.0. The fourth-order valence-electron chi connectivity index (χ4n) is 2.02. The Morgan fingerprint density at radius 1 is 1.00 bits per heavy atom. The Morgan fingerprint density at radius 2 is 1.65 bits per heavy atom. The average molecular weight is 238 g/mol. The molecule has 1 nitrogen and oxygen atoms in total. The minimum absolute atomic E-state index is 0.0518. The largest absolute Gasteiger partial charge is 0.393 e. The Balaban J connectivity index is 3.08. The number of hydrogen-bond acceptors (Lipinski definition) is 1. The molecule has 100 valence electrons. The third kappa shape index (κ3) is 13.4. The molecule has 0 spiro atoms. The highest BCUT2D eigenvalue weighted by Gasteiger charge is 2.01. The van der Waals surface area contributed by atoms with Crippen molar-refractivity contribution in [2.45, 2.75) is 77.2 Å². The van der Waals surface area contributed by atoms with Crippen molar-refractivity contribution in [3.63, 3.8) is 0 Å². The van der Waals surface area contributed by atoms with Gasteiger partial charge in [-0.2, -0.15) is 0 Å². The summed E-state index contributed by atoms with van der Waals surface area (Å²) in [5, 5.41) is 9.56.